The molecule has 7 nitrogen and oxygen atoms in total. The molecule has 184 valence electrons. The van der Waals surface area contributed by atoms with E-state index >= 15 is 4.39 Å². The Morgan fingerprint density at radius 2 is 1.89 bits per heavy atom. The van der Waals surface area contributed by atoms with Crippen molar-refractivity contribution in [2.75, 3.05) is 31.6 Å². The van der Waals surface area contributed by atoms with Crippen molar-refractivity contribution in [3.8, 4) is 6.07 Å². The number of alkyl halides is 1. The van der Waals surface area contributed by atoms with Crippen LogP contribution in [0.3, 0.4) is 0 Å². The molecule has 2 saturated heterocycles. The van der Waals surface area contributed by atoms with Crippen LogP contribution in [0.2, 0.25) is 0 Å². The predicted molar refractivity (Wildman–Crippen MR) is 131 cm³/mol. The Kier molecular flexibility index (Phi) is 7.37. The second-order valence-corrected chi connectivity index (χ2v) is 9.40. The maximum Gasteiger partial charge on any atom is 0.319 e. The van der Waals surface area contributed by atoms with Crippen molar-refractivity contribution >= 4 is 17.6 Å². The van der Waals surface area contributed by atoms with Gasteiger partial charge < -0.3 is 20.3 Å². The molecule has 2 N–H and O–H groups in total. The molecule has 0 bridgehead atoms. The Morgan fingerprint density at radius 1 is 1.17 bits per heavy atom. The number of halogens is 1. The Hall–Kier alpha value is -3.44. The van der Waals surface area contributed by atoms with Gasteiger partial charge >= 0.3 is 6.03 Å². The zero-order valence-corrected chi connectivity index (χ0v) is 20.2. The predicted octanol–water partition coefficient (Wildman–Crippen LogP) is 4.58. The standard InChI is InChI=1S/C27H31FN4O3/c1-18-14-19(2)24(31-26(34)30-17-22-4-3-13-35-22)15-23(18)25(33)32-11-9-27(28,10-12-32)21-7-5-20(16-29)6-8-21/h5-8,14-15,22H,3-4,9-13,17H2,1-2H3,(H2,30,31,34)/t22-/m1/s1. The number of amides is 3. The highest BCUT2D eigenvalue weighted by molar-refractivity contribution is 5.98. The maximum absolute atomic E-state index is 15.6. The number of carbonyl (C=O) groups excluding carboxylic acids is 2. The SMILES string of the molecule is Cc1cc(C)c(C(=O)N2CCC(F)(c3ccc(C#N)cc3)CC2)cc1NC(=O)NC[C@H]1CCCO1. The number of nitrogens with zero attached hydrogens (tertiary/aromatic N) is 2. The summed E-state index contributed by atoms with van der Waals surface area (Å²) >= 11 is 0. The summed E-state index contributed by atoms with van der Waals surface area (Å²) in [4.78, 5) is 27.4. The second-order valence-electron chi connectivity index (χ2n) is 9.40. The third kappa shape index (κ3) is 5.63. The molecule has 0 saturated carbocycles. The Balaban J connectivity index is 1.40. The van der Waals surface area contributed by atoms with E-state index in [2.05, 4.69) is 10.6 Å². The monoisotopic (exact) mass is 478 g/mol. The molecule has 2 heterocycles. The Bertz CT molecular complexity index is 1130. The highest BCUT2D eigenvalue weighted by Crippen LogP contribution is 2.37. The average Bonchev–Trinajstić information content (AvgIpc) is 3.38. The van der Waals surface area contributed by atoms with E-state index in [0.717, 1.165) is 30.6 Å². The van der Waals surface area contributed by atoms with Gasteiger partial charge in [-0.3, -0.25) is 4.79 Å². The lowest BCUT2D eigenvalue weighted by Crippen LogP contribution is -2.43. The third-order valence-electron chi connectivity index (χ3n) is 6.94. The zero-order chi connectivity index (χ0) is 25.0. The lowest BCUT2D eigenvalue weighted by Gasteiger charge is -2.37. The van der Waals surface area contributed by atoms with Crippen molar-refractivity contribution in [1.29, 1.82) is 5.26 Å². The highest BCUT2D eigenvalue weighted by Gasteiger charge is 2.38. The van der Waals surface area contributed by atoms with E-state index in [1.54, 1.807) is 35.2 Å². The van der Waals surface area contributed by atoms with Gasteiger partial charge in [0.1, 0.15) is 5.67 Å². The third-order valence-corrected chi connectivity index (χ3v) is 6.94. The normalized spacial score (nSPS) is 19.1. The van der Waals surface area contributed by atoms with Gasteiger partial charge in [-0.2, -0.15) is 5.26 Å². The van der Waals surface area contributed by atoms with E-state index in [4.69, 9.17) is 10.00 Å². The van der Waals surface area contributed by atoms with E-state index in [1.165, 1.54) is 0 Å². The summed E-state index contributed by atoms with van der Waals surface area (Å²) in [7, 11) is 0. The topological polar surface area (TPSA) is 94.5 Å². The van der Waals surface area contributed by atoms with Crippen LogP contribution in [0.25, 0.3) is 0 Å². The molecule has 0 spiro atoms. The number of ether oxygens (including phenoxy) is 1. The van der Waals surface area contributed by atoms with Gasteiger partial charge in [-0.15, -0.1) is 0 Å². The van der Waals surface area contributed by atoms with Crippen molar-refractivity contribution in [2.45, 2.75) is 51.3 Å². The number of hydrogen-bond donors (Lipinski definition) is 2. The molecule has 4 rings (SSSR count). The minimum Gasteiger partial charge on any atom is -0.376 e. The first-order valence-electron chi connectivity index (χ1n) is 12.1. The van der Waals surface area contributed by atoms with Gasteiger partial charge in [0, 0.05) is 50.3 Å². The van der Waals surface area contributed by atoms with Gasteiger partial charge in [-0.05, 0) is 61.6 Å². The number of hydrogen-bond acceptors (Lipinski definition) is 4. The number of likely N-dealkylation sites (tertiary alicyclic amines) is 1. The molecule has 0 unspecified atom stereocenters. The number of anilines is 1. The molecule has 0 aliphatic carbocycles. The Labute approximate surface area is 205 Å². The number of piperidine rings is 1. The largest absolute Gasteiger partial charge is 0.376 e. The van der Waals surface area contributed by atoms with E-state index < -0.39 is 5.67 Å². The van der Waals surface area contributed by atoms with Crippen LogP contribution >= 0.6 is 0 Å². The fraction of sp³-hybridized carbons (Fsp3) is 0.444. The van der Waals surface area contributed by atoms with Crippen LogP contribution in [0.15, 0.2) is 36.4 Å². The smallest absolute Gasteiger partial charge is 0.319 e. The molecule has 0 aromatic heterocycles. The number of rotatable bonds is 5. The van der Waals surface area contributed by atoms with E-state index in [0.29, 0.717) is 28.9 Å². The molecule has 2 aromatic rings. The molecule has 1 atom stereocenters. The number of nitriles is 1. The van der Waals surface area contributed by atoms with Crippen LogP contribution in [0.5, 0.6) is 0 Å². The number of benzene rings is 2. The molecule has 0 radical (unpaired) electrons. The maximum atomic E-state index is 15.6. The zero-order valence-electron chi connectivity index (χ0n) is 20.2. The molecule has 2 aromatic carbocycles. The molecule has 35 heavy (non-hydrogen) atoms. The second kappa shape index (κ2) is 10.4. The van der Waals surface area contributed by atoms with Crippen LogP contribution in [-0.2, 0) is 10.4 Å². The Morgan fingerprint density at radius 3 is 2.51 bits per heavy atom. The first-order valence-corrected chi connectivity index (χ1v) is 12.1. The quantitative estimate of drug-likeness (QED) is 0.658. The summed E-state index contributed by atoms with van der Waals surface area (Å²) in [5.41, 5.74) is 2.23. The summed E-state index contributed by atoms with van der Waals surface area (Å²) in [6.07, 6.45) is 2.36. The minimum atomic E-state index is -1.53. The van der Waals surface area contributed by atoms with Crippen molar-refractivity contribution in [2.24, 2.45) is 0 Å². The van der Waals surface area contributed by atoms with Gasteiger partial charge in [0.15, 0.2) is 0 Å². The van der Waals surface area contributed by atoms with Crippen LogP contribution in [0.4, 0.5) is 14.9 Å². The number of aryl methyl sites for hydroxylation is 2. The molecule has 2 aliphatic rings. The summed E-state index contributed by atoms with van der Waals surface area (Å²) in [5, 5.41) is 14.6. The fourth-order valence-electron chi connectivity index (χ4n) is 4.76. The van der Waals surface area contributed by atoms with Crippen LogP contribution in [0.1, 0.15) is 58.3 Å². The molecule has 8 heteroatoms. The van der Waals surface area contributed by atoms with Crippen molar-refractivity contribution in [3.05, 3.63) is 64.2 Å². The highest BCUT2D eigenvalue weighted by atomic mass is 19.1. The summed E-state index contributed by atoms with van der Waals surface area (Å²) in [6.45, 7) is 5.49. The summed E-state index contributed by atoms with van der Waals surface area (Å²) in [5.74, 6) is -0.174. The molecule has 2 aliphatic heterocycles. The summed E-state index contributed by atoms with van der Waals surface area (Å²) in [6, 6.07) is 11.8. The van der Waals surface area contributed by atoms with Gasteiger partial charge in [0.05, 0.1) is 17.7 Å². The fourth-order valence-corrected chi connectivity index (χ4v) is 4.76. The molecular weight excluding hydrogens is 447 g/mol. The first-order chi connectivity index (χ1) is 16.8. The number of nitrogens with one attached hydrogen (secondary N) is 2. The minimum absolute atomic E-state index is 0.0445. The summed E-state index contributed by atoms with van der Waals surface area (Å²) < 4.78 is 21.2. The van der Waals surface area contributed by atoms with Crippen LogP contribution < -0.4 is 10.6 Å². The lowest BCUT2D eigenvalue weighted by molar-refractivity contribution is 0.0421. The van der Waals surface area contributed by atoms with E-state index in [1.807, 2.05) is 26.0 Å². The molecule has 3 amide bonds. The van der Waals surface area contributed by atoms with Crippen molar-refractivity contribution < 1.29 is 18.7 Å². The van der Waals surface area contributed by atoms with Crippen molar-refractivity contribution in [3.63, 3.8) is 0 Å². The van der Waals surface area contributed by atoms with Gasteiger partial charge in [0.25, 0.3) is 5.91 Å². The lowest BCUT2D eigenvalue weighted by atomic mass is 9.85. The number of urea groups is 1. The van der Waals surface area contributed by atoms with Gasteiger partial charge in [-0.25, -0.2) is 9.18 Å². The van der Waals surface area contributed by atoms with Gasteiger partial charge in [-0.1, -0.05) is 18.2 Å². The van der Waals surface area contributed by atoms with Gasteiger partial charge in [0.2, 0.25) is 0 Å². The van der Waals surface area contributed by atoms with Crippen molar-refractivity contribution in [1.82, 2.24) is 10.2 Å². The molecular formula is C27H31FN4O3. The first kappa shape index (κ1) is 24.7. The van der Waals surface area contributed by atoms with Crippen LogP contribution in [-0.4, -0.2) is 49.2 Å². The van der Waals surface area contributed by atoms with E-state index in [9.17, 15) is 9.59 Å². The average molecular weight is 479 g/mol. The van der Waals surface area contributed by atoms with E-state index in [-0.39, 0.29) is 44.0 Å². The molecule has 2 fully saturated rings. The number of carbonyl (C=O) groups is 2. The van der Waals surface area contributed by atoms with Crippen LogP contribution in [0, 0.1) is 25.2 Å².